The number of hydrogen-bond donors (Lipinski definition) is 0. The number of carbonyl (C=O) groups excluding carboxylic acids is 1. The lowest BCUT2D eigenvalue weighted by atomic mass is 10.1. The van der Waals surface area contributed by atoms with Crippen molar-refractivity contribution in [3.05, 3.63) is 89.5 Å². The van der Waals surface area contributed by atoms with E-state index in [1.165, 1.54) is 4.90 Å². The van der Waals surface area contributed by atoms with E-state index in [-0.39, 0.29) is 5.91 Å². The van der Waals surface area contributed by atoms with Crippen LogP contribution in [0.2, 0.25) is 0 Å². The maximum atomic E-state index is 13.5. The Balaban J connectivity index is 1.70. The zero-order chi connectivity index (χ0) is 21.1. The van der Waals surface area contributed by atoms with Gasteiger partial charge in [0.1, 0.15) is 0 Å². The monoisotopic (exact) mass is 432 g/mol. The molecule has 3 nitrogen and oxygen atoms in total. The number of para-hydroxylation sites is 1. The first-order chi connectivity index (χ1) is 14.5. The van der Waals surface area contributed by atoms with E-state index in [0.29, 0.717) is 17.4 Å². The Kier molecular flexibility index (Phi) is 6.21. The number of amides is 1. The molecule has 30 heavy (non-hydrogen) atoms. The maximum absolute atomic E-state index is 13.5. The molecule has 0 unspecified atom stereocenters. The predicted molar refractivity (Wildman–Crippen MR) is 129 cm³/mol. The van der Waals surface area contributed by atoms with Crippen LogP contribution >= 0.6 is 23.1 Å². The molecule has 0 bridgehead atoms. The predicted octanol–water partition coefficient (Wildman–Crippen LogP) is 6.95. The summed E-state index contributed by atoms with van der Waals surface area (Å²) in [4.78, 5) is 21.3. The highest BCUT2D eigenvalue weighted by atomic mass is 32.2. The van der Waals surface area contributed by atoms with Gasteiger partial charge in [0.25, 0.3) is 5.91 Å². The minimum atomic E-state index is -0.0309. The molecule has 152 valence electrons. The van der Waals surface area contributed by atoms with Gasteiger partial charge < -0.3 is 0 Å². The number of hydrogen-bond acceptors (Lipinski definition) is 4. The quantitative estimate of drug-likeness (QED) is 0.309. The Bertz CT molecular complexity index is 1150. The molecule has 0 aliphatic rings. The third kappa shape index (κ3) is 4.58. The number of aryl methyl sites for hydroxylation is 1. The smallest absolute Gasteiger partial charge is 0.260 e. The van der Waals surface area contributed by atoms with Crippen LogP contribution in [-0.2, 0) is 6.54 Å². The standard InChI is InChI=1S/C25H24N2OS2/c1-17(2)29-21-14-12-20(13-15-21)24(28)27(16-19-9-5-4-6-10-19)25-26-23-18(3)8-7-11-22(23)30-25/h4-15,17H,16H2,1-3H3. The van der Waals surface area contributed by atoms with E-state index in [0.717, 1.165) is 26.5 Å². The second-order valence-electron chi connectivity index (χ2n) is 7.49. The van der Waals surface area contributed by atoms with E-state index >= 15 is 0 Å². The van der Waals surface area contributed by atoms with Gasteiger partial charge in [-0.25, -0.2) is 4.98 Å². The summed E-state index contributed by atoms with van der Waals surface area (Å²) in [6.07, 6.45) is 0. The van der Waals surface area contributed by atoms with Gasteiger partial charge >= 0.3 is 0 Å². The van der Waals surface area contributed by atoms with Crippen LogP contribution in [0.3, 0.4) is 0 Å². The lowest BCUT2D eigenvalue weighted by Crippen LogP contribution is -2.30. The van der Waals surface area contributed by atoms with Gasteiger partial charge in [0, 0.05) is 15.7 Å². The minimum absolute atomic E-state index is 0.0309. The number of benzene rings is 3. The van der Waals surface area contributed by atoms with Crippen LogP contribution in [0.4, 0.5) is 5.13 Å². The van der Waals surface area contributed by atoms with Crippen LogP contribution in [0.1, 0.15) is 35.3 Å². The summed E-state index contributed by atoms with van der Waals surface area (Å²) >= 11 is 3.36. The Labute approximate surface area is 185 Å². The van der Waals surface area contributed by atoms with Gasteiger partial charge in [0.15, 0.2) is 5.13 Å². The Hall–Kier alpha value is -2.63. The second kappa shape index (κ2) is 9.02. The molecule has 0 spiro atoms. The average Bonchev–Trinajstić information content (AvgIpc) is 3.18. The van der Waals surface area contributed by atoms with Crippen LogP contribution in [0, 0.1) is 6.92 Å². The first-order valence-electron chi connectivity index (χ1n) is 10.00. The fourth-order valence-corrected chi connectivity index (χ4v) is 5.17. The number of thioether (sulfide) groups is 1. The zero-order valence-corrected chi connectivity index (χ0v) is 19.0. The summed E-state index contributed by atoms with van der Waals surface area (Å²) in [5.41, 5.74) is 3.84. The summed E-state index contributed by atoms with van der Waals surface area (Å²) in [6.45, 7) is 6.88. The molecule has 0 saturated heterocycles. The van der Waals surface area contributed by atoms with Crippen molar-refractivity contribution >= 4 is 44.4 Å². The molecule has 0 atom stereocenters. The topological polar surface area (TPSA) is 33.2 Å². The van der Waals surface area contributed by atoms with Gasteiger partial charge in [-0.2, -0.15) is 0 Å². The summed E-state index contributed by atoms with van der Waals surface area (Å²) in [6, 6.07) is 24.1. The first-order valence-corrected chi connectivity index (χ1v) is 11.7. The van der Waals surface area contributed by atoms with E-state index in [2.05, 4.69) is 32.9 Å². The zero-order valence-electron chi connectivity index (χ0n) is 17.3. The molecule has 1 aromatic heterocycles. The van der Waals surface area contributed by atoms with Gasteiger partial charge in [0.2, 0.25) is 0 Å². The van der Waals surface area contributed by atoms with Crippen molar-refractivity contribution in [3.8, 4) is 0 Å². The molecule has 1 amide bonds. The van der Waals surface area contributed by atoms with Crippen molar-refractivity contribution in [2.45, 2.75) is 37.5 Å². The lowest BCUT2D eigenvalue weighted by Gasteiger charge is -2.20. The molecule has 3 aromatic carbocycles. The molecule has 4 rings (SSSR count). The van der Waals surface area contributed by atoms with Crippen LogP contribution in [0.5, 0.6) is 0 Å². The van der Waals surface area contributed by atoms with Crippen LogP contribution in [0.15, 0.2) is 77.7 Å². The highest BCUT2D eigenvalue weighted by molar-refractivity contribution is 7.99. The number of anilines is 1. The van der Waals surface area contributed by atoms with Crippen LogP contribution in [-0.4, -0.2) is 16.1 Å². The summed E-state index contributed by atoms with van der Waals surface area (Å²) in [5.74, 6) is -0.0309. The number of fused-ring (bicyclic) bond motifs is 1. The van der Waals surface area contributed by atoms with Crippen molar-refractivity contribution in [2.24, 2.45) is 0 Å². The Morgan fingerprint density at radius 3 is 2.40 bits per heavy atom. The number of carbonyl (C=O) groups is 1. The van der Waals surface area contributed by atoms with E-state index in [1.54, 1.807) is 28.0 Å². The number of nitrogens with zero attached hydrogens (tertiary/aromatic N) is 2. The van der Waals surface area contributed by atoms with E-state index in [9.17, 15) is 4.79 Å². The number of aromatic nitrogens is 1. The Morgan fingerprint density at radius 2 is 1.73 bits per heavy atom. The molecule has 0 N–H and O–H groups in total. The largest absolute Gasteiger partial charge is 0.279 e. The molecule has 0 radical (unpaired) electrons. The average molecular weight is 433 g/mol. The van der Waals surface area contributed by atoms with Crippen LogP contribution in [0.25, 0.3) is 10.2 Å². The molecular weight excluding hydrogens is 408 g/mol. The van der Waals surface area contributed by atoms with E-state index < -0.39 is 0 Å². The van der Waals surface area contributed by atoms with E-state index in [1.807, 2.05) is 60.7 Å². The van der Waals surface area contributed by atoms with Crippen molar-refractivity contribution in [1.82, 2.24) is 4.98 Å². The molecule has 4 aromatic rings. The first kappa shape index (κ1) is 20.6. The normalized spacial score (nSPS) is 11.2. The molecule has 0 aliphatic heterocycles. The van der Waals surface area contributed by atoms with Gasteiger partial charge in [-0.3, -0.25) is 9.69 Å². The van der Waals surface area contributed by atoms with Gasteiger partial charge in [-0.15, -0.1) is 11.8 Å². The molecular formula is C25H24N2OS2. The van der Waals surface area contributed by atoms with E-state index in [4.69, 9.17) is 4.98 Å². The molecule has 0 saturated carbocycles. The fourth-order valence-electron chi connectivity index (χ4n) is 3.29. The van der Waals surface area contributed by atoms with Crippen molar-refractivity contribution < 1.29 is 4.79 Å². The molecule has 0 fully saturated rings. The van der Waals surface area contributed by atoms with Gasteiger partial charge in [-0.05, 0) is 48.4 Å². The van der Waals surface area contributed by atoms with Crippen molar-refractivity contribution in [1.29, 1.82) is 0 Å². The van der Waals surface area contributed by atoms with Crippen molar-refractivity contribution in [2.75, 3.05) is 4.90 Å². The Morgan fingerprint density at radius 1 is 1.00 bits per heavy atom. The van der Waals surface area contributed by atoms with Gasteiger partial charge in [0.05, 0.1) is 16.8 Å². The maximum Gasteiger partial charge on any atom is 0.260 e. The summed E-state index contributed by atoms with van der Waals surface area (Å²) in [5, 5.41) is 1.24. The highest BCUT2D eigenvalue weighted by Gasteiger charge is 2.22. The third-order valence-electron chi connectivity index (χ3n) is 4.74. The highest BCUT2D eigenvalue weighted by Crippen LogP contribution is 2.32. The van der Waals surface area contributed by atoms with Crippen molar-refractivity contribution in [3.63, 3.8) is 0 Å². The fraction of sp³-hybridized carbons (Fsp3) is 0.200. The van der Waals surface area contributed by atoms with Crippen LogP contribution < -0.4 is 4.90 Å². The summed E-state index contributed by atoms with van der Waals surface area (Å²) in [7, 11) is 0. The lowest BCUT2D eigenvalue weighted by molar-refractivity contribution is 0.0985. The number of rotatable bonds is 6. The molecule has 1 heterocycles. The third-order valence-corrected chi connectivity index (χ3v) is 6.80. The minimum Gasteiger partial charge on any atom is -0.279 e. The SMILES string of the molecule is Cc1cccc2sc(N(Cc3ccccc3)C(=O)c3ccc(SC(C)C)cc3)nc12. The number of thiazole rings is 1. The second-order valence-corrected chi connectivity index (χ2v) is 10.1. The van der Waals surface area contributed by atoms with Gasteiger partial charge in [-0.1, -0.05) is 67.6 Å². The molecule has 5 heteroatoms. The summed E-state index contributed by atoms with van der Waals surface area (Å²) < 4.78 is 1.10. The molecule has 0 aliphatic carbocycles.